The van der Waals surface area contributed by atoms with E-state index in [4.69, 9.17) is 14.4 Å². The fourth-order valence-corrected chi connectivity index (χ4v) is 3.85. The minimum absolute atomic E-state index is 0.0170. The van der Waals surface area contributed by atoms with Crippen LogP contribution in [0, 0.1) is 13.8 Å². The zero-order valence-corrected chi connectivity index (χ0v) is 17.1. The number of carbonyl (C=O) groups is 1. The van der Waals surface area contributed by atoms with Crippen molar-refractivity contribution >= 4 is 5.91 Å². The van der Waals surface area contributed by atoms with Crippen LogP contribution in [0.4, 0.5) is 0 Å². The molecule has 0 N–H and O–H groups in total. The van der Waals surface area contributed by atoms with Crippen molar-refractivity contribution in [3.05, 3.63) is 53.5 Å². The summed E-state index contributed by atoms with van der Waals surface area (Å²) in [5, 5.41) is 8.80. The van der Waals surface area contributed by atoms with Crippen LogP contribution in [0.1, 0.15) is 42.3 Å². The van der Waals surface area contributed by atoms with Gasteiger partial charge in [0.2, 0.25) is 0 Å². The van der Waals surface area contributed by atoms with Crippen LogP contribution in [0.5, 0.6) is 5.75 Å². The number of aromatic nitrogens is 3. The Kier molecular flexibility index (Phi) is 5.38. The lowest BCUT2D eigenvalue weighted by Crippen LogP contribution is -2.41. The van der Waals surface area contributed by atoms with Crippen molar-refractivity contribution in [1.29, 1.82) is 0 Å². The van der Waals surface area contributed by atoms with Gasteiger partial charge in [0.25, 0.3) is 5.91 Å². The Morgan fingerprint density at radius 1 is 1.24 bits per heavy atom. The van der Waals surface area contributed by atoms with E-state index in [9.17, 15) is 4.79 Å². The fraction of sp³-hybridized carbons (Fsp3) is 0.409. The van der Waals surface area contributed by atoms with Crippen molar-refractivity contribution < 1.29 is 14.1 Å². The number of hydrogen-bond donors (Lipinski definition) is 0. The highest BCUT2D eigenvalue weighted by Gasteiger charge is 2.33. The predicted molar refractivity (Wildman–Crippen MR) is 108 cm³/mol. The van der Waals surface area contributed by atoms with Crippen LogP contribution in [0.25, 0.3) is 11.3 Å². The zero-order valence-electron chi connectivity index (χ0n) is 17.1. The third-order valence-electron chi connectivity index (χ3n) is 5.50. The SMILES string of the molecule is Cc1noc(-c2cn(C)nc2[C@@H]2CCCCN2C(=O)COc2ccccc2)c1C. The Morgan fingerprint density at radius 2 is 2.03 bits per heavy atom. The molecule has 1 atom stereocenters. The van der Waals surface area contributed by atoms with Crippen LogP contribution < -0.4 is 4.74 Å². The van der Waals surface area contributed by atoms with Crippen molar-refractivity contribution in [2.24, 2.45) is 7.05 Å². The molecule has 1 saturated heterocycles. The standard InChI is InChI=1S/C22H26N4O3/c1-15-16(2)24-29-22(15)18-13-25(3)23-21(18)19-11-7-8-12-26(19)20(27)14-28-17-9-5-4-6-10-17/h4-6,9-10,13,19H,7-8,11-12,14H2,1-3H3/t19-/m0/s1. The highest BCUT2D eigenvalue weighted by molar-refractivity contribution is 5.79. The van der Waals surface area contributed by atoms with Gasteiger partial charge in [-0.2, -0.15) is 5.10 Å². The van der Waals surface area contributed by atoms with E-state index in [1.165, 1.54) is 0 Å². The maximum absolute atomic E-state index is 13.0. The molecule has 29 heavy (non-hydrogen) atoms. The first-order valence-corrected chi connectivity index (χ1v) is 9.98. The van der Waals surface area contributed by atoms with Crippen molar-refractivity contribution in [3.63, 3.8) is 0 Å². The van der Waals surface area contributed by atoms with Gasteiger partial charge in [-0.05, 0) is 45.2 Å². The molecule has 7 nitrogen and oxygen atoms in total. The Hall–Kier alpha value is -3.09. The average molecular weight is 394 g/mol. The van der Waals surface area contributed by atoms with Crippen LogP contribution in [0.15, 0.2) is 41.1 Å². The minimum atomic E-state index is -0.100. The molecule has 1 aliphatic rings. The molecule has 2 aromatic heterocycles. The summed E-state index contributed by atoms with van der Waals surface area (Å²) in [5.41, 5.74) is 3.63. The average Bonchev–Trinajstić information content (AvgIpc) is 3.29. The Morgan fingerprint density at radius 3 is 2.76 bits per heavy atom. The number of aryl methyl sites for hydroxylation is 2. The molecule has 1 aliphatic heterocycles. The second-order valence-corrected chi connectivity index (χ2v) is 7.52. The van der Waals surface area contributed by atoms with Crippen molar-refractivity contribution in [2.45, 2.75) is 39.2 Å². The van der Waals surface area contributed by atoms with Gasteiger partial charge in [-0.1, -0.05) is 23.4 Å². The van der Waals surface area contributed by atoms with Crippen LogP contribution in [-0.2, 0) is 11.8 Å². The molecule has 0 saturated carbocycles. The molecule has 0 radical (unpaired) electrons. The van der Waals surface area contributed by atoms with E-state index in [-0.39, 0.29) is 18.6 Å². The number of benzene rings is 1. The summed E-state index contributed by atoms with van der Waals surface area (Å²) < 4.78 is 13.1. The number of piperidine rings is 1. The number of likely N-dealkylation sites (tertiary alicyclic amines) is 1. The molecule has 152 valence electrons. The minimum Gasteiger partial charge on any atom is -0.484 e. The maximum Gasteiger partial charge on any atom is 0.261 e. The summed E-state index contributed by atoms with van der Waals surface area (Å²) in [7, 11) is 1.89. The third kappa shape index (κ3) is 3.90. The molecule has 0 spiro atoms. The highest BCUT2D eigenvalue weighted by atomic mass is 16.5. The van der Waals surface area contributed by atoms with Gasteiger partial charge in [-0.25, -0.2) is 0 Å². The van der Waals surface area contributed by atoms with Crippen LogP contribution in [0.3, 0.4) is 0 Å². The Labute approximate surface area is 170 Å². The third-order valence-corrected chi connectivity index (χ3v) is 5.50. The maximum atomic E-state index is 13.0. The molecule has 3 aromatic rings. The molecular weight excluding hydrogens is 368 g/mol. The van der Waals surface area contributed by atoms with E-state index >= 15 is 0 Å². The number of carbonyl (C=O) groups excluding carboxylic acids is 1. The molecule has 3 heterocycles. The van der Waals surface area contributed by atoms with Crippen molar-refractivity contribution in [2.75, 3.05) is 13.2 Å². The molecule has 1 amide bonds. The number of rotatable bonds is 5. The summed E-state index contributed by atoms with van der Waals surface area (Å²) in [4.78, 5) is 14.9. The molecular formula is C22H26N4O3. The molecule has 0 aliphatic carbocycles. The second-order valence-electron chi connectivity index (χ2n) is 7.52. The van der Waals surface area contributed by atoms with E-state index in [0.717, 1.165) is 47.5 Å². The Balaban J connectivity index is 1.59. The normalized spacial score (nSPS) is 16.8. The quantitative estimate of drug-likeness (QED) is 0.658. The van der Waals surface area contributed by atoms with Gasteiger partial charge in [-0.3, -0.25) is 9.48 Å². The van der Waals surface area contributed by atoms with Crippen molar-refractivity contribution in [1.82, 2.24) is 19.8 Å². The van der Waals surface area contributed by atoms with Crippen molar-refractivity contribution in [3.8, 4) is 17.1 Å². The lowest BCUT2D eigenvalue weighted by molar-refractivity contribution is -0.137. The number of para-hydroxylation sites is 1. The molecule has 1 fully saturated rings. The number of amides is 1. The number of hydrogen-bond acceptors (Lipinski definition) is 5. The lowest BCUT2D eigenvalue weighted by atomic mass is 9.95. The molecule has 0 unspecified atom stereocenters. The first kappa shape index (κ1) is 19.2. The second kappa shape index (κ2) is 8.11. The predicted octanol–water partition coefficient (Wildman–Crippen LogP) is 3.82. The lowest BCUT2D eigenvalue weighted by Gasteiger charge is -2.35. The molecule has 4 rings (SSSR count). The summed E-state index contributed by atoms with van der Waals surface area (Å²) in [6.07, 6.45) is 4.85. The van der Waals surface area contributed by atoms with E-state index in [2.05, 4.69) is 5.16 Å². The van der Waals surface area contributed by atoms with Gasteiger partial charge in [0.1, 0.15) is 5.75 Å². The van der Waals surface area contributed by atoms with Gasteiger partial charge in [0.05, 0.1) is 23.0 Å². The van der Waals surface area contributed by atoms with Gasteiger partial charge >= 0.3 is 0 Å². The smallest absolute Gasteiger partial charge is 0.261 e. The van der Waals surface area contributed by atoms with Gasteiger partial charge in [0, 0.05) is 25.4 Å². The number of nitrogens with zero attached hydrogens (tertiary/aromatic N) is 4. The fourth-order valence-electron chi connectivity index (χ4n) is 3.85. The van der Waals surface area contributed by atoms with E-state index in [1.54, 1.807) is 4.68 Å². The first-order valence-electron chi connectivity index (χ1n) is 9.98. The van der Waals surface area contributed by atoms with Gasteiger partial charge < -0.3 is 14.2 Å². The highest BCUT2D eigenvalue weighted by Crippen LogP contribution is 2.37. The monoisotopic (exact) mass is 394 g/mol. The summed E-state index contributed by atoms with van der Waals surface area (Å²) in [6, 6.07) is 9.32. The van der Waals surface area contributed by atoms with E-state index in [1.807, 2.05) is 62.3 Å². The van der Waals surface area contributed by atoms with Crippen LogP contribution in [0.2, 0.25) is 0 Å². The Bertz CT molecular complexity index is 993. The van der Waals surface area contributed by atoms with Gasteiger partial charge in [-0.15, -0.1) is 0 Å². The van der Waals surface area contributed by atoms with Gasteiger partial charge in [0.15, 0.2) is 12.4 Å². The summed E-state index contributed by atoms with van der Waals surface area (Å²) in [5.74, 6) is 1.39. The summed E-state index contributed by atoms with van der Waals surface area (Å²) >= 11 is 0. The topological polar surface area (TPSA) is 73.4 Å². The van der Waals surface area contributed by atoms with E-state index < -0.39 is 0 Å². The largest absolute Gasteiger partial charge is 0.484 e. The van der Waals surface area contributed by atoms with Crippen LogP contribution in [-0.4, -0.2) is 38.9 Å². The van der Waals surface area contributed by atoms with E-state index in [0.29, 0.717) is 12.3 Å². The molecule has 1 aromatic carbocycles. The molecule has 7 heteroatoms. The molecule has 0 bridgehead atoms. The number of ether oxygens (including phenoxy) is 1. The zero-order chi connectivity index (χ0) is 20.4. The van der Waals surface area contributed by atoms with Crippen LogP contribution >= 0.6 is 0 Å². The first-order chi connectivity index (χ1) is 14.0. The summed E-state index contributed by atoms with van der Waals surface area (Å²) in [6.45, 7) is 4.64.